The van der Waals surface area contributed by atoms with Gasteiger partial charge in [-0.1, -0.05) is 11.6 Å². The Bertz CT molecular complexity index is 1570. The lowest BCUT2D eigenvalue weighted by atomic mass is 10.0. The van der Waals surface area contributed by atoms with Crippen LogP contribution in [0.4, 0.5) is 15.8 Å². The molecule has 0 saturated carbocycles. The minimum atomic E-state index is -0.576. The van der Waals surface area contributed by atoms with Crippen LogP contribution in [0, 0.1) is 17.1 Å². The van der Waals surface area contributed by atoms with E-state index in [1.54, 1.807) is 7.11 Å². The van der Waals surface area contributed by atoms with E-state index < -0.39 is 5.82 Å². The predicted molar refractivity (Wildman–Crippen MR) is 151 cm³/mol. The molecule has 202 valence electrons. The number of fused-ring (bicyclic) bond motifs is 3. The highest BCUT2D eigenvalue weighted by atomic mass is 35.5. The summed E-state index contributed by atoms with van der Waals surface area (Å²) in [4.78, 5) is 9.33. The van der Waals surface area contributed by atoms with Crippen LogP contribution in [0.3, 0.4) is 0 Å². The molecule has 0 radical (unpaired) electrons. The Labute approximate surface area is 231 Å². The smallest absolute Gasteiger partial charge is 0.168 e. The van der Waals surface area contributed by atoms with E-state index in [9.17, 15) is 9.65 Å². The zero-order chi connectivity index (χ0) is 27.5. The maximum absolute atomic E-state index is 14.1. The SMILES string of the molecule is COc1cc(Nc2c(C#N)cnc3c2ccc2c(OC)c(OCCN4CCN(C)CC4)ccc23)c(Cl)cc1F. The first-order valence-corrected chi connectivity index (χ1v) is 13.0. The molecule has 1 fully saturated rings. The molecular weight excluding hydrogens is 521 g/mol. The number of aromatic nitrogens is 1. The lowest BCUT2D eigenvalue weighted by Gasteiger charge is -2.32. The van der Waals surface area contributed by atoms with Gasteiger partial charge in [0.25, 0.3) is 0 Å². The molecule has 0 amide bonds. The third kappa shape index (κ3) is 5.36. The summed E-state index contributed by atoms with van der Waals surface area (Å²) in [5.74, 6) is 0.748. The number of nitrogens with one attached hydrogen (secondary N) is 1. The van der Waals surface area contributed by atoms with Gasteiger partial charge in [0.15, 0.2) is 23.1 Å². The minimum absolute atomic E-state index is 0.0362. The van der Waals surface area contributed by atoms with Crippen molar-refractivity contribution in [3.05, 3.63) is 59.0 Å². The number of likely N-dealkylation sites (N-methyl/N-ethyl adjacent to an activating group) is 1. The third-order valence-corrected chi connectivity index (χ3v) is 7.35. The molecule has 0 atom stereocenters. The van der Waals surface area contributed by atoms with Gasteiger partial charge in [0.05, 0.1) is 41.7 Å². The van der Waals surface area contributed by atoms with Crippen LogP contribution in [0.5, 0.6) is 17.2 Å². The van der Waals surface area contributed by atoms with E-state index in [4.69, 9.17) is 25.8 Å². The number of hydrogen-bond donors (Lipinski definition) is 1. The van der Waals surface area contributed by atoms with Crippen molar-refractivity contribution in [2.75, 3.05) is 65.9 Å². The van der Waals surface area contributed by atoms with Crippen molar-refractivity contribution in [2.24, 2.45) is 0 Å². The van der Waals surface area contributed by atoms with Crippen LogP contribution >= 0.6 is 11.6 Å². The molecule has 1 aliphatic rings. The summed E-state index contributed by atoms with van der Waals surface area (Å²) in [6, 6.07) is 12.4. The Balaban J connectivity index is 1.49. The summed E-state index contributed by atoms with van der Waals surface area (Å²) >= 11 is 6.31. The van der Waals surface area contributed by atoms with Crippen molar-refractivity contribution in [2.45, 2.75) is 0 Å². The van der Waals surface area contributed by atoms with Crippen molar-refractivity contribution in [1.82, 2.24) is 14.8 Å². The second-order valence-electron chi connectivity index (χ2n) is 9.40. The highest BCUT2D eigenvalue weighted by Crippen LogP contribution is 2.41. The van der Waals surface area contributed by atoms with Crippen molar-refractivity contribution < 1.29 is 18.6 Å². The fraction of sp³-hybridized carbons (Fsp3) is 0.310. The second kappa shape index (κ2) is 11.5. The van der Waals surface area contributed by atoms with Gasteiger partial charge >= 0.3 is 0 Å². The molecule has 39 heavy (non-hydrogen) atoms. The number of pyridine rings is 1. The molecular formula is C29H29ClFN5O3. The third-order valence-electron chi connectivity index (χ3n) is 7.03. The highest BCUT2D eigenvalue weighted by molar-refractivity contribution is 6.33. The van der Waals surface area contributed by atoms with E-state index in [0.29, 0.717) is 45.9 Å². The summed E-state index contributed by atoms with van der Waals surface area (Å²) in [5, 5.41) is 15.5. The zero-order valence-electron chi connectivity index (χ0n) is 22.1. The van der Waals surface area contributed by atoms with E-state index >= 15 is 0 Å². The molecule has 0 aliphatic carbocycles. The van der Waals surface area contributed by atoms with E-state index in [0.717, 1.165) is 43.5 Å². The molecule has 8 nitrogen and oxygen atoms in total. The Morgan fingerprint density at radius 3 is 2.49 bits per heavy atom. The van der Waals surface area contributed by atoms with E-state index in [1.807, 2.05) is 24.3 Å². The normalized spacial score (nSPS) is 14.4. The van der Waals surface area contributed by atoms with Gasteiger partial charge in [0, 0.05) is 61.1 Å². The average molecular weight is 550 g/mol. The second-order valence-corrected chi connectivity index (χ2v) is 9.80. The first-order chi connectivity index (χ1) is 18.9. The fourth-order valence-electron chi connectivity index (χ4n) is 4.84. The summed E-state index contributed by atoms with van der Waals surface area (Å²) in [6.45, 7) is 5.58. The highest BCUT2D eigenvalue weighted by Gasteiger charge is 2.19. The number of nitrogens with zero attached hydrogens (tertiary/aromatic N) is 4. The first-order valence-electron chi connectivity index (χ1n) is 12.6. The van der Waals surface area contributed by atoms with Gasteiger partial charge in [-0.25, -0.2) is 4.39 Å². The number of halogens is 2. The number of benzene rings is 3. The molecule has 0 bridgehead atoms. The number of hydrogen-bond acceptors (Lipinski definition) is 8. The predicted octanol–water partition coefficient (Wildman–Crippen LogP) is 5.44. The Kier molecular flexibility index (Phi) is 7.89. The van der Waals surface area contributed by atoms with Gasteiger partial charge in [-0.3, -0.25) is 9.88 Å². The standard InChI is InChI=1S/C29H29ClFN5O3/c1-35-8-10-36(11-9-35)12-13-39-25-7-6-19-20(29(25)38-3)4-5-21-27(18(16-32)17-33-28(19)21)34-24-15-26(37-2)23(31)14-22(24)30/h4-7,14-15,17H,8-13H2,1-3H3,(H,33,34). The van der Waals surface area contributed by atoms with Crippen LogP contribution < -0.4 is 19.5 Å². The molecule has 3 aromatic carbocycles. The zero-order valence-corrected chi connectivity index (χ0v) is 22.8. The number of ether oxygens (including phenoxy) is 3. The van der Waals surface area contributed by atoms with Crippen molar-refractivity contribution in [3.63, 3.8) is 0 Å². The van der Waals surface area contributed by atoms with E-state index in [-0.39, 0.29) is 10.8 Å². The number of piperazine rings is 1. The van der Waals surface area contributed by atoms with Crippen LogP contribution in [-0.4, -0.2) is 75.4 Å². The van der Waals surface area contributed by atoms with Crippen LogP contribution in [-0.2, 0) is 0 Å². The molecule has 1 aliphatic heterocycles. The average Bonchev–Trinajstić information content (AvgIpc) is 2.95. The van der Waals surface area contributed by atoms with Gasteiger partial charge in [0.2, 0.25) is 0 Å². The van der Waals surface area contributed by atoms with E-state index in [1.165, 1.54) is 25.4 Å². The summed E-state index contributed by atoms with van der Waals surface area (Å²) in [6.07, 6.45) is 1.51. The van der Waals surface area contributed by atoms with Gasteiger partial charge in [0.1, 0.15) is 12.7 Å². The molecule has 0 unspecified atom stereocenters. The fourth-order valence-corrected chi connectivity index (χ4v) is 5.04. The first kappa shape index (κ1) is 26.8. The molecule has 5 rings (SSSR count). The number of anilines is 2. The lowest BCUT2D eigenvalue weighted by Crippen LogP contribution is -2.45. The Hall–Kier alpha value is -3.84. The maximum Gasteiger partial charge on any atom is 0.168 e. The Morgan fingerprint density at radius 1 is 1.03 bits per heavy atom. The minimum Gasteiger partial charge on any atom is -0.494 e. The summed E-state index contributed by atoms with van der Waals surface area (Å²) in [7, 11) is 5.14. The van der Waals surface area contributed by atoms with Crippen molar-refractivity contribution >= 4 is 44.7 Å². The molecule has 0 spiro atoms. The number of methoxy groups -OCH3 is 2. The maximum atomic E-state index is 14.1. The summed E-state index contributed by atoms with van der Waals surface area (Å²) < 4.78 is 31.1. The Morgan fingerprint density at radius 2 is 1.77 bits per heavy atom. The van der Waals surface area contributed by atoms with Crippen molar-refractivity contribution in [3.8, 4) is 23.3 Å². The van der Waals surface area contributed by atoms with E-state index in [2.05, 4.69) is 33.2 Å². The quantitative estimate of drug-likeness (QED) is 0.291. The molecule has 1 aromatic heterocycles. The molecule has 4 aromatic rings. The van der Waals surface area contributed by atoms with Crippen molar-refractivity contribution in [1.29, 1.82) is 5.26 Å². The number of rotatable bonds is 8. The largest absolute Gasteiger partial charge is 0.494 e. The number of nitriles is 1. The molecule has 2 heterocycles. The molecule has 1 N–H and O–H groups in total. The van der Waals surface area contributed by atoms with Crippen LogP contribution in [0.1, 0.15) is 5.56 Å². The lowest BCUT2D eigenvalue weighted by molar-refractivity contribution is 0.133. The summed E-state index contributed by atoms with van der Waals surface area (Å²) in [5.41, 5.74) is 1.89. The van der Waals surface area contributed by atoms with Crippen LogP contribution in [0.25, 0.3) is 21.7 Å². The van der Waals surface area contributed by atoms with Crippen LogP contribution in [0.2, 0.25) is 5.02 Å². The van der Waals surface area contributed by atoms with Gasteiger partial charge in [-0.2, -0.15) is 5.26 Å². The molecule has 1 saturated heterocycles. The van der Waals surface area contributed by atoms with Crippen LogP contribution in [0.15, 0.2) is 42.6 Å². The molecule has 10 heteroatoms. The topological polar surface area (TPSA) is 82.9 Å². The van der Waals surface area contributed by atoms with Gasteiger partial charge < -0.3 is 24.4 Å². The monoisotopic (exact) mass is 549 g/mol. The van der Waals surface area contributed by atoms with Gasteiger partial charge in [-0.15, -0.1) is 0 Å². The van der Waals surface area contributed by atoms with Gasteiger partial charge in [-0.05, 0) is 37.4 Å².